The number of carbonyl (C=O) groups excluding carboxylic acids is 3. The van der Waals surface area contributed by atoms with E-state index < -0.39 is 54.5 Å². The Morgan fingerprint density at radius 2 is 1.48 bits per heavy atom. The summed E-state index contributed by atoms with van der Waals surface area (Å²) in [7, 11) is 0. The molecule has 13 heteroatoms. The third-order valence-electron chi connectivity index (χ3n) is 6.78. The molecule has 2 aromatic heterocycles. The van der Waals surface area contributed by atoms with Gasteiger partial charge in [0.05, 0.1) is 19.0 Å². The molecule has 0 aliphatic heterocycles. The van der Waals surface area contributed by atoms with Crippen LogP contribution < -0.4 is 21.7 Å². The first kappa shape index (κ1) is 30.0. The number of carboxylic acid groups (broad SMARTS) is 1. The minimum atomic E-state index is -1.40. The molecule has 0 fully saturated rings. The van der Waals surface area contributed by atoms with Gasteiger partial charge >= 0.3 is 5.97 Å². The Labute approximate surface area is 240 Å². The molecule has 2 aromatic carbocycles. The van der Waals surface area contributed by atoms with Gasteiger partial charge in [0.2, 0.25) is 17.7 Å². The summed E-state index contributed by atoms with van der Waals surface area (Å²) >= 11 is 0. The van der Waals surface area contributed by atoms with Crippen molar-refractivity contribution >= 4 is 34.6 Å². The van der Waals surface area contributed by atoms with E-state index in [1.807, 2.05) is 54.6 Å². The Kier molecular flexibility index (Phi) is 10.0. The van der Waals surface area contributed by atoms with Crippen LogP contribution in [0.1, 0.15) is 16.8 Å². The number of nitrogens with two attached hydrogens (primary N) is 1. The van der Waals surface area contributed by atoms with E-state index in [2.05, 4.69) is 30.9 Å². The maximum absolute atomic E-state index is 13.4. The number of fused-ring (bicyclic) bond motifs is 1. The Hall–Kier alpha value is -5.01. The Morgan fingerprint density at radius 1 is 0.810 bits per heavy atom. The number of para-hydroxylation sites is 1. The summed E-state index contributed by atoms with van der Waals surface area (Å²) in [6, 6.07) is 11.5. The van der Waals surface area contributed by atoms with Gasteiger partial charge in [-0.15, -0.1) is 0 Å². The number of carbonyl (C=O) groups is 4. The lowest BCUT2D eigenvalue weighted by Crippen LogP contribution is -2.58. The second kappa shape index (κ2) is 14.1. The molecule has 0 radical (unpaired) electrons. The summed E-state index contributed by atoms with van der Waals surface area (Å²) in [6.07, 6.45) is 4.69. The largest absolute Gasteiger partial charge is 0.480 e. The summed E-state index contributed by atoms with van der Waals surface area (Å²) < 4.78 is 0. The van der Waals surface area contributed by atoms with E-state index in [-0.39, 0.29) is 19.3 Å². The summed E-state index contributed by atoms with van der Waals surface area (Å²) in [6.45, 7) is -0.758. The van der Waals surface area contributed by atoms with Gasteiger partial charge in [-0.2, -0.15) is 0 Å². The van der Waals surface area contributed by atoms with Crippen LogP contribution in [0.2, 0.25) is 0 Å². The van der Waals surface area contributed by atoms with E-state index in [0.717, 1.165) is 16.5 Å². The lowest BCUT2D eigenvalue weighted by molar-refractivity contribution is -0.142. The van der Waals surface area contributed by atoms with E-state index in [0.29, 0.717) is 11.3 Å². The molecule has 9 N–H and O–H groups in total. The third kappa shape index (κ3) is 7.80. The number of imidazole rings is 1. The number of rotatable bonds is 14. The van der Waals surface area contributed by atoms with Crippen LogP contribution in [0.15, 0.2) is 73.3 Å². The van der Waals surface area contributed by atoms with Crippen molar-refractivity contribution in [1.29, 1.82) is 0 Å². The first-order chi connectivity index (χ1) is 20.2. The highest BCUT2D eigenvalue weighted by Crippen LogP contribution is 2.19. The lowest BCUT2D eigenvalue weighted by atomic mass is 10.0. The molecule has 0 saturated carbocycles. The number of aromatic nitrogens is 3. The fourth-order valence-corrected chi connectivity index (χ4v) is 4.52. The number of aromatic amines is 2. The second-order valence-electron chi connectivity index (χ2n) is 9.85. The average Bonchev–Trinajstić information content (AvgIpc) is 3.65. The second-order valence-corrected chi connectivity index (χ2v) is 9.85. The van der Waals surface area contributed by atoms with Crippen LogP contribution in [0.4, 0.5) is 0 Å². The number of carboxylic acids is 1. The van der Waals surface area contributed by atoms with Gasteiger partial charge in [0.1, 0.15) is 18.1 Å². The number of benzene rings is 2. The Bertz CT molecular complexity index is 1510. The number of nitrogens with one attached hydrogen (secondary N) is 5. The number of aliphatic carboxylic acids is 1. The van der Waals surface area contributed by atoms with Crippen molar-refractivity contribution in [3.63, 3.8) is 0 Å². The number of H-pyrrole nitrogens is 2. The van der Waals surface area contributed by atoms with Crippen molar-refractivity contribution in [2.24, 2.45) is 5.73 Å². The van der Waals surface area contributed by atoms with Crippen molar-refractivity contribution in [3.8, 4) is 0 Å². The fraction of sp³-hybridized carbons (Fsp3) is 0.276. The molecule has 0 aliphatic rings. The molecular formula is C29H33N7O6. The highest BCUT2D eigenvalue weighted by molar-refractivity contribution is 5.94. The van der Waals surface area contributed by atoms with Crippen LogP contribution in [0.3, 0.4) is 0 Å². The van der Waals surface area contributed by atoms with Gasteiger partial charge in [0, 0.05) is 41.8 Å². The normalized spacial score (nSPS) is 14.0. The molecule has 13 nitrogen and oxygen atoms in total. The molecule has 4 atom stereocenters. The third-order valence-corrected chi connectivity index (χ3v) is 6.78. The summed E-state index contributed by atoms with van der Waals surface area (Å²) in [4.78, 5) is 61.1. The zero-order chi connectivity index (χ0) is 30.1. The van der Waals surface area contributed by atoms with Crippen molar-refractivity contribution in [3.05, 3.63) is 90.1 Å². The maximum Gasteiger partial charge on any atom is 0.326 e. The van der Waals surface area contributed by atoms with Crippen LogP contribution in [0, 0.1) is 0 Å². The minimum absolute atomic E-state index is 0.00949. The van der Waals surface area contributed by atoms with Crippen molar-refractivity contribution < 1.29 is 29.4 Å². The Balaban J connectivity index is 1.44. The van der Waals surface area contributed by atoms with Crippen LogP contribution >= 0.6 is 0 Å². The molecule has 0 aliphatic carbocycles. The summed E-state index contributed by atoms with van der Waals surface area (Å²) in [5, 5.41) is 28.0. The van der Waals surface area contributed by atoms with Gasteiger partial charge in [-0.25, -0.2) is 9.78 Å². The van der Waals surface area contributed by atoms with E-state index in [9.17, 15) is 29.4 Å². The molecule has 0 saturated heterocycles. The van der Waals surface area contributed by atoms with E-state index in [1.54, 1.807) is 6.20 Å². The van der Waals surface area contributed by atoms with Crippen LogP contribution in [0.25, 0.3) is 10.9 Å². The standard InChI is InChI=1S/C29H33N7O6/c30-21(10-17-6-2-1-3-7-17)26(38)36-25(15-37)28(40)34-23(12-19-14-31-16-33-19)27(39)35-24(29(41)42)11-18-13-32-22-9-5-4-8-20(18)22/h1-9,13-14,16,21,23-25,32,37H,10-12,15,30H2,(H,31,33)(H,34,40)(H,35,39)(H,36,38)(H,41,42). The maximum atomic E-state index is 13.4. The van der Waals surface area contributed by atoms with Crippen molar-refractivity contribution in [2.45, 2.75) is 43.4 Å². The quantitative estimate of drug-likeness (QED) is 0.100. The predicted octanol–water partition coefficient (Wildman–Crippen LogP) is -0.222. The first-order valence-corrected chi connectivity index (χ1v) is 13.3. The number of aliphatic hydroxyl groups excluding tert-OH is 1. The molecule has 0 bridgehead atoms. The zero-order valence-corrected chi connectivity index (χ0v) is 22.6. The molecule has 3 amide bonds. The molecule has 42 heavy (non-hydrogen) atoms. The fourth-order valence-electron chi connectivity index (χ4n) is 4.52. The zero-order valence-electron chi connectivity index (χ0n) is 22.6. The van der Waals surface area contributed by atoms with Crippen molar-refractivity contribution in [1.82, 2.24) is 30.9 Å². The monoisotopic (exact) mass is 575 g/mol. The number of nitrogens with zero attached hydrogens (tertiary/aromatic N) is 1. The number of hydrogen-bond acceptors (Lipinski definition) is 7. The van der Waals surface area contributed by atoms with Crippen LogP contribution in [0.5, 0.6) is 0 Å². The average molecular weight is 576 g/mol. The van der Waals surface area contributed by atoms with Gasteiger partial charge in [-0.3, -0.25) is 14.4 Å². The van der Waals surface area contributed by atoms with Gasteiger partial charge in [-0.05, 0) is 23.6 Å². The SMILES string of the molecule is NC(Cc1ccccc1)C(=O)NC(CO)C(=O)NC(Cc1cnc[nH]1)C(=O)NC(Cc1c[nH]c2ccccc12)C(=O)O. The van der Waals surface area contributed by atoms with Crippen LogP contribution in [-0.4, -0.2) is 79.6 Å². The van der Waals surface area contributed by atoms with Crippen molar-refractivity contribution in [2.75, 3.05) is 6.61 Å². The summed E-state index contributed by atoms with van der Waals surface area (Å²) in [5.41, 5.74) is 8.85. The molecule has 4 rings (SSSR count). The lowest BCUT2D eigenvalue weighted by Gasteiger charge is -2.24. The predicted molar refractivity (Wildman–Crippen MR) is 153 cm³/mol. The molecule has 4 unspecified atom stereocenters. The molecule has 220 valence electrons. The summed E-state index contributed by atoms with van der Waals surface area (Å²) in [5.74, 6) is -3.53. The van der Waals surface area contributed by atoms with E-state index >= 15 is 0 Å². The van der Waals surface area contributed by atoms with E-state index in [4.69, 9.17) is 5.73 Å². The van der Waals surface area contributed by atoms with Gasteiger partial charge in [0.25, 0.3) is 0 Å². The topological polar surface area (TPSA) is 215 Å². The molecular weight excluding hydrogens is 542 g/mol. The highest BCUT2D eigenvalue weighted by atomic mass is 16.4. The van der Waals surface area contributed by atoms with Gasteiger partial charge in [0.15, 0.2) is 0 Å². The number of amides is 3. The highest BCUT2D eigenvalue weighted by Gasteiger charge is 2.31. The number of hydrogen-bond donors (Lipinski definition) is 8. The van der Waals surface area contributed by atoms with Crippen LogP contribution in [-0.2, 0) is 38.4 Å². The molecule has 2 heterocycles. The number of aliphatic hydroxyl groups is 1. The van der Waals surface area contributed by atoms with Gasteiger partial charge < -0.3 is 41.9 Å². The molecule has 4 aromatic rings. The minimum Gasteiger partial charge on any atom is -0.480 e. The molecule has 0 spiro atoms. The first-order valence-electron chi connectivity index (χ1n) is 13.3. The van der Waals surface area contributed by atoms with Gasteiger partial charge in [-0.1, -0.05) is 48.5 Å². The Morgan fingerprint density at radius 3 is 2.17 bits per heavy atom. The smallest absolute Gasteiger partial charge is 0.326 e. The van der Waals surface area contributed by atoms with E-state index in [1.165, 1.54) is 12.5 Å².